The fourth-order valence-corrected chi connectivity index (χ4v) is 2.25. The van der Waals surface area contributed by atoms with Crippen molar-refractivity contribution in [3.8, 4) is 0 Å². The highest BCUT2D eigenvalue weighted by molar-refractivity contribution is 6.13. The van der Waals surface area contributed by atoms with Crippen molar-refractivity contribution in [2.45, 2.75) is 52.6 Å². The molecule has 2 N–H and O–H groups in total. The molecule has 1 rings (SSSR count). The molecule has 25 heavy (non-hydrogen) atoms. The zero-order valence-corrected chi connectivity index (χ0v) is 15.0. The first-order chi connectivity index (χ1) is 11.6. The first-order valence-corrected chi connectivity index (χ1v) is 8.25. The molecule has 8 heteroatoms. The Morgan fingerprint density at radius 2 is 1.60 bits per heavy atom. The number of rotatable bonds is 9. The van der Waals surface area contributed by atoms with E-state index in [1.807, 2.05) is 13.8 Å². The molecule has 0 bridgehead atoms. The number of amides is 4. The molecule has 1 heterocycles. The van der Waals surface area contributed by atoms with Gasteiger partial charge in [0.25, 0.3) is 11.8 Å². The van der Waals surface area contributed by atoms with Gasteiger partial charge in [-0.2, -0.15) is 0 Å². The van der Waals surface area contributed by atoms with Gasteiger partial charge < -0.3 is 10.6 Å². The summed E-state index contributed by atoms with van der Waals surface area (Å²) in [5, 5.41) is 5.18. The molecule has 138 valence electrons. The lowest BCUT2D eigenvalue weighted by Crippen LogP contribution is -2.51. The van der Waals surface area contributed by atoms with Gasteiger partial charge in [0.2, 0.25) is 11.8 Å². The van der Waals surface area contributed by atoms with E-state index in [1.54, 1.807) is 6.92 Å². The Kier molecular flexibility index (Phi) is 7.47. The number of nitrogens with one attached hydrogen (secondary N) is 2. The zero-order valence-electron chi connectivity index (χ0n) is 15.0. The highest BCUT2D eigenvalue weighted by Crippen LogP contribution is 2.07. The number of carbonyl (C=O) groups is 5. The van der Waals surface area contributed by atoms with Crippen LogP contribution in [0.3, 0.4) is 0 Å². The van der Waals surface area contributed by atoms with Crippen LogP contribution in [0, 0.1) is 5.92 Å². The smallest absolute Gasteiger partial charge is 0.253 e. The van der Waals surface area contributed by atoms with E-state index in [2.05, 4.69) is 10.6 Å². The second-order valence-corrected chi connectivity index (χ2v) is 6.50. The van der Waals surface area contributed by atoms with E-state index < -0.39 is 35.7 Å². The Bertz CT molecular complexity index is 579. The van der Waals surface area contributed by atoms with Crippen molar-refractivity contribution in [3.63, 3.8) is 0 Å². The molecule has 0 aliphatic carbocycles. The lowest BCUT2D eigenvalue weighted by Gasteiger charge is -2.22. The van der Waals surface area contributed by atoms with E-state index in [9.17, 15) is 24.0 Å². The third-order valence-corrected chi connectivity index (χ3v) is 3.79. The van der Waals surface area contributed by atoms with E-state index in [4.69, 9.17) is 0 Å². The van der Waals surface area contributed by atoms with Crippen molar-refractivity contribution in [1.82, 2.24) is 15.5 Å². The van der Waals surface area contributed by atoms with Crippen LogP contribution in [-0.2, 0) is 24.0 Å². The van der Waals surface area contributed by atoms with Gasteiger partial charge in [0, 0.05) is 25.1 Å². The Labute approximate surface area is 147 Å². The van der Waals surface area contributed by atoms with Gasteiger partial charge in [-0.05, 0) is 26.2 Å². The lowest BCUT2D eigenvalue weighted by atomic mass is 10.0. The summed E-state index contributed by atoms with van der Waals surface area (Å²) < 4.78 is 0. The fourth-order valence-electron chi connectivity index (χ4n) is 2.25. The summed E-state index contributed by atoms with van der Waals surface area (Å²) in [6.07, 6.45) is 2.62. The van der Waals surface area contributed by atoms with Crippen LogP contribution in [-0.4, -0.2) is 52.9 Å². The Balaban J connectivity index is 2.60. The molecule has 0 aromatic rings. The Morgan fingerprint density at radius 3 is 2.08 bits per heavy atom. The molecule has 8 nitrogen and oxygen atoms in total. The molecule has 0 saturated heterocycles. The van der Waals surface area contributed by atoms with Crippen molar-refractivity contribution in [2.24, 2.45) is 5.92 Å². The largest absolute Gasteiger partial charge is 0.345 e. The fraction of sp³-hybridized carbons (Fsp3) is 0.588. The number of imide groups is 1. The summed E-state index contributed by atoms with van der Waals surface area (Å²) >= 11 is 0. The average molecular weight is 351 g/mol. The third kappa shape index (κ3) is 6.48. The summed E-state index contributed by atoms with van der Waals surface area (Å²) in [6.45, 7) is 6.73. The minimum atomic E-state index is -0.780. The summed E-state index contributed by atoms with van der Waals surface area (Å²) in [5.41, 5.74) is 0. The highest BCUT2D eigenvalue weighted by atomic mass is 16.2. The minimum Gasteiger partial charge on any atom is -0.345 e. The number of hydrogen-bond donors (Lipinski definition) is 2. The van der Waals surface area contributed by atoms with Crippen molar-refractivity contribution >= 4 is 29.4 Å². The minimum absolute atomic E-state index is 0.0453. The third-order valence-electron chi connectivity index (χ3n) is 3.79. The van der Waals surface area contributed by atoms with Crippen molar-refractivity contribution < 1.29 is 24.0 Å². The molecule has 0 radical (unpaired) electrons. The lowest BCUT2D eigenvalue weighted by molar-refractivity contribution is -0.137. The predicted molar refractivity (Wildman–Crippen MR) is 90.1 cm³/mol. The normalized spacial score (nSPS) is 16.1. The molecule has 0 aromatic carbocycles. The Morgan fingerprint density at radius 1 is 1.04 bits per heavy atom. The van der Waals surface area contributed by atoms with Crippen molar-refractivity contribution in [3.05, 3.63) is 12.2 Å². The number of Topliss-reactive ketones (excluding diaryl/α,β-unsaturated/α-hetero) is 1. The van der Waals surface area contributed by atoms with Gasteiger partial charge in [-0.25, -0.2) is 0 Å². The monoisotopic (exact) mass is 351 g/mol. The van der Waals surface area contributed by atoms with Gasteiger partial charge in [0.05, 0.1) is 6.04 Å². The maximum atomic E-state index is 12.3. The molecule has 2 unspecified atom stereocenters. The predicted octanol–water partition coefficient (Wildman–Crippen LogP) is -0.0739. The molecule has 4 amide bonds. The van der Waals surface area contributed by atoms with Gasteiger partial charge in [-0.3, -0.25) is 28.9 Å². The van der Waals surface area contributed by atoms with Crippen molar-refractivity contribution in [2.75, 3.05) is 6.54 Å². The number of hydrogen-bond acceptors (Lipinski definition) is 5. The van der Waals surface area contributed by atoms with E-state index in [0.29, 0.717) is 6.42 Å². The number of carbonyl (C=O) groups excluding carboxylic acids is 5. The SMILES string of the molecule is CC(=O)C(C)NC(=O)C(CC(C)C)NC(=O)CCN1C(=O)C=CC1=O. The molecule has 1 aliphatic heterocycles. The maximum Gasteiger partial charge on any atom is 0.253 e. The van der Waals surface area contributed by atoms with Gasteiger partial charge in [0.15, 0.2) is 5.78 Å². The van der Waals surface area contributed by atoms with Crippen molar-refractivity contribution in [1.29, 1.82) is 0 Å². The quantitative estimate of drug-likeness (QED) is 0.565. The second-order valence-electron chi connectivity index (χ2n) is 6.50. The standard InChI is InChI=1S/C17H25N3O5/c1-10(2)9-13(17(25)18-11(3)12(4)21)19-14(22)7-8-20-15(23)5-6-16(20)24/h5-6,10-11,13H,7-9H2,1-4H3,(H,18,25)(H,19,22). The molecular formula is C17H25N3O5. The molecule has 0 saturated carbocycles. The van der Waals surface area contributed by atoms with Crippen LogP contribution in [0.4, 0.5) is 0 Å². The average Bonchev–Trinajstić information content (AvgIpc) is 2.82. The summed E-state index contributed by atoms with van der Waals surface area (Å²) in [7, 11) is 0. The molecular weight excluding hydrogens is 326 g/mol. The maximum absolute atomic E-state index is 12.3. The first kappa shape index (κ1) is 20.5. The van der Waals surface area contributed by atoms with Gasteiger partial charge in [-0.1, -0.05) is 13.8 Å². The molecule has 2 atom stereocenters. The van der Waals surface area contributed by atoms with Crippen LogP contribution in [0.25, 0.3) is 0 Å². The van der Waals surface area contributed by atoms with Gasteiger partial charge >= 0.3 is 0 Å². The molecule has 0 spiro atoms. The first-order valence-electron chi connectivity index (χ1n) is 8.25. The second kappa shape index (κ2) is 9.10. The number of nitrogens with zero attached hydrogens (tertiary/aromatic N) is 1. The van der Waals surface area contributed by atoms with Crippen LogP contribution in [0.15, 0.2) is 12.2 Å². The zero-order chi connectivity index (χ0) is 19.1. The Hall–Kier alpha value is -2.51. The van der Waals surface area contributed by atoms with Crippen LogP contribution < -0.4 is 10.6 Å². The van der Waals surface area contributed by atoms with Gasteiger partial charge in [-0.15, -0.1) is 0 Å². The summed E-state index contributed by atoms with van der Waals surface area (Å²) in [5.74, 6) is -1.81. The summed E-state index contributed by atoms with van der Waals surface area (Å²) in [4.78, 5) is 59.5. The van der Waals surface area contributed by atoms with Gasteiger partial charge in [0.1, 0.15) is 6.04 Å². The van der Waals surface area contributed by atoms with E-state index in [-0.39, 0.29) is 24.7 Å². The molecule has 0 aromatic heterocycles. The van der Waals surface area contributed by atoms with E-state index in [0.717, 1.165) is 17.1 Å². The molecule has 1 aliphatic rings. The number of ketones is 1. The van der Waals surface area contributed by atoms with E-state index >= 15 is 0 Å². The van der Waals surface area contributed by atoms with Crippen LogP contribution in [0.1, 0.15) is 40.5 Å². The summed E-state index contributed by atoms with van der Waals surface area (Å²) in [6, 6.07) is -1.41. The van der Waals surface area contributed by atoms with Crippen LogP contribution >= 0.6 is 0 Å². The van der Waals surface area contributed by atoms with Crippen LogP contribution in [0.5, 0.6) is 0 Å². The van der Waals surface area contributed by atoms with E-state index in [1.165, 1.54) is 6.92 Å². The topological polar surface area (TPSA) is 113 Å². The molecule has 0 fully saturated rings. The van der Waals surface area contributed by atoms with Crippen LogP contribution in [0.2, 0.25) is 0 Å². The highest BCUT2D eigenvalue weighted by Gasteiger charge is 2.26.